The van der Waals surface area contributed by atoms with Crippen LogP contribution in [0.4, 0.5) is 8.78 Å². The average Bonchev–Trinajstić information content (AvgIpc) is 3.12. The van der Waals surface area contributed by atoms with Gasteiger partial charge >= 0.3 is 0 Å². The molecule has 0 saturated carbocycles. The summed E-state index contributed by atoms with van der Waals surface area (Å²) in [4.78, 5) is 36.6. The molecule has 1 aromatic rings. The van der Waals surface area contributed by atoms with Gasteiger partial charge in [0.15, 0.2) is 5.69 Å². The Morgan fingerprint density at radius 3 is 2.95 bits per heavy atom. The van der Waals surface area contributed by atoms with Crippen molar-refractivity contribution in [2.24, 2.45) is 0 Å². The molecule has 1 fully saturated rings. The van der Waals surface area contributed by atoms with Gasteiger partial charge in [-0.3, -0.25) is 9.59 Å². The maximum absolute atomic E-state index is 12.1. The summed E-state index contributed by atoms with van der Waals surface area (Å²) < 4.78 is 24.3. The molecule has 0 radical (unpaired) electrons. The molecule has 2 heterocycles. The SMILES string of the molecule is O=CC1CCCN1C(=O)CNC(=O)c1cnn(CC(F)F)n1. The standard InChI is InChI=1S/C12H15F2N5O3/c13-10(14)6-19-16-4-9(17-19)12(22)15-5-11(21)18-3-1-2-8(18)7-20/h4,7-8,10H,1-3,5-6H2,(H,15,22). The van der Waals surface area contributed by atoms with Crippen LogP contribution in [0.5, 0.6) is 0 Å². The van der Waals surface area contributed by atoms with E-state index < -0.39 is 24.9 Å². The number of rotatable bonds is 6. The molecule has 1 atom stereocenters. The van der Waals surface area contributed by atoms with Gasteiger partial charge in [0, 0.05) is 6.54 Å². The molecule has 1 aliphatic heterocycles. The number of hydrogen-bond acceptors (Lipinski definition) is 5. The van der Waals surface area contributed by atoms with Crippen molar-refractivity contribution in [1.82, 2.24) is 25.2 Å². The third-order valence-electron chi connectivity index (χ3n) is 3.25. The Morgan fingerprint density at radius 1 is 1.50 bits per heavy atom. The van der Waals surface area contributed by atoms with Gasteiger partial charge in [0.25, 0.3) is 12.3 Å². The lowest BCUT2D eigenvalue weighted by Crippen LogP contribution is -2.43. The summed E-state index contributed by atoms with van der Waals surface area (Å²) >= 11 is 0. The molecule has 1 saturated heterocycles. The van der Waals surface area contributed by atoms with Crippen molar-refractivity contribution in [1.29, 1.82) is 0 Å². The Kier molecular flexibility index (Phi) is 5.12. The van der Waals surface area contributed by atoms with Gasteiger partial charge in [-0.1, -0.05) is 0 Å². The molecule has 8 nitrogen and oxygen atoms in total. The topological polar surface area (TPSA) is 97.2 Å². The van der Waals surface area contributed by atoms with Crippen LogP contribution >= 0.6 is 0 Å². The second-order valence-corrected chi connectivity index (χ2v) is 4.79. The Hall–Kier alpha value is -2.39. The third kappa shape index (κ3) is 3.83. The van der Waals surface area contributed by atoms with Crippen molar-refractivity contribution in [2.45, 2.75) is 31.9 Å². The normalized spacial score (nSPS) is 17.8. The number of carbonyl (C=O) groups excluding carboxylic acids is 3. The molecular formula is C12H15F2N5O3. The number of halogens is 2. The number of alkyl halides is 2. The molecule has 1 aliphatic rings. The van der Waals surface area contributed by atoms with Crippen molar-refractivity contribution in [3.8, 4) is 0 Å². The van der Waals surface area contributed by atoms with Gasteiger partial charge in [0.1, 0.15) is 12.8 Å². The van der Waals surface area contributed by atoms with E-state index in [1.807, 2.05) is 0 Å². The molecule has 0 aromatic carbocycles. The number of aldehydes is 1. The zero-order valence-corrected chi connectivity index (χ0v) is 11.6. The molecule has 10 heteroatoms. The second kappa shape index (κ2) is 7.05. The van der Waals surface area contributed by atoms with Gasteiger partial charge in [-0.15, -0.1) is 5.10 Å². The van der Waals surface area contributed by atoms with E-state index in [4.69, 9.17) is 0 Å². The van der Waals surface area contributed by atoms with Crippen LogP contribution in [0.1, 0.15) is 23.3 Å². The van der Waals surface area contributed by atoms with Gasteiger partial charge < -0.3 is 15.0 Å². The highest BCUT2D eigenvalue weighted by Crippen LogP contribution is 2.14. The van der Waals surface area contributed by atoms with Gasteiger partial charge in [-0.05, 0) is 12.8 Å². The highest BCUT2D eigenvalue weighted by Gasteiger charge is 2.28. The Morgan fingerprint density at radius 2 is 2.27 bits per heavy atom. The zero-order valence-electron chi connectivity index (χ0n) is 11.6. The summed E-state index contributed by atoms with van der Waals surface area (Å²) in [5.41, 5.74) is -0.151. The van der Waals surface area contributed by atoms with Crippen LogP contribution in [-0.4, -0.2) is 63.6 Å². The Balaban J connectivity index is 1.85. The smallest absolute Gasteiger partial charge is 0.273 e. The number of hydrogen-bond donors (Lipinski definition) is 1. The molecule has 120 valence electrons. The summed E-state index contributed by atoms with van der Waals surface area (Å²) in [7, 11) is 0. The molecule has 0 spiro atoms. The monoisotopic (exact) mass is 315 g/mol. The van der Waals surface area contributed by atoms with E-state index in [-0.39, 0.29) is 18.1 Å². The molecular weight excluding hydrogens is 300 g/mol. The number of likely N-dealkylation sites (tertiary alicyclic amines) is 1. The molecule has 1 N–H and O–H groups in total. The van der Waals surface area contributed by atoms with E-state index in [1.165, 1.54) is 4.90 Å². The van der Waals surface area contributed by atoms with E-state index in [9.17, 15) is 23.2 Å². The predicted octanol–water partition coefficient (Wildman–Crippen LogP) is -0.537. The first-order chi connectivity index (χ1) is 10.5. The predicted molar refractivity (Wildman–Crippen MR) is 69.2 cm³/mol. The summed E-state index contributed by atoms with van der Waals surface area (Å²) in [5, 5.41) is 9.46. The van der Waals surface area contributed by atoms with Crippen LogP contribution < -0.4 is 5.32 Å². The molecule has 0 bridgehead atoms. The first-order valence-corrected chi connectivity index (χ1v) is 6.72. The Bertz CT molecular complexity index is 563. The lowest BCUT2D eigenvalue weighted by Gasteiger charge is -2.20. The number of aromatic nitrogens is 3. The fraction of sp³-hybridized carbons (Fsp3) is 0.583. The van der Waals surface area contributed by atoms with Crippen LogP contribution in [-0.2, 0) is 16.1 Å². The maximum Gasteiger partial charge on any atom is 0.273 e. The first kappa shape index (κ1) is 16.0. The summed E-state index contributed by atoms with van der Waals surface area (Å²) in [6.45, 7) is -0.519. The fourth-order valence-electron chi connectivity index (χ4n) is 2.20. The molecule has 1 unspecified atom stereocenters. The number of nitrogens with zero attached hydrogens (tertiary/aromatic N) is 4. The van der Waals surface area contributed by atoms with Gasteiger partial charge in [0.2, 0.25) is 5.91 Å². The van der Waals surface area contributed by atoms with Gasteiger partial charge in [-0.2, -0.15) is 9.90 Å². The maximum atomic E-state index is 12.1. The van der Waals surface area contributed by atoms with Crippen LogP contribution in [0.2, 0.25) is 0 Å². The highest BCUT2D eigenvalue weighted by molar-refractivity contribution is 5.94. The second-order valence-electron chi connectivity index (χ2n) is 4.79. The summed E-state index contributed by atoms with van der Waals surface area (Å²) in [6, 6.07) is -0.448. The summed E-state index contributed by atoms with van der Waals surface area (Å²) in [6.07, 6.45) is 0.491. The minimum atomic E-state index is -2.62. The van der Waals surface area contributed by atoms with Crippen LogP contribution in [0.25, 0.3) is 0 Å². The molecule has 1 aromatic heterocycles. The zero-order chi connectivity index (χ0) is 16.1. The van der Waals surface area contributed by atoms with Crippen LogP contribution in [0.15, 0.2) is 6.20 Å². The van der Waals surface area contributed by atoms with Crippen molar-refractivity contribution >= 4 is 18.1 Å². The lowest BCUT2D eigenvalue weighted by atomic mass is 10.2. The fourth-order valence-corrected chi connectivity index (χ4v) is 2.20. The van der Waals surface area contributed by atoms with E-state index >= 15 is 0 Å². The van der Waals surface area contributed by atoms with E-state index in [0.29, 0.717) is 24.0 Å². The van der Waals surface area contributed by atoms with Crippen LogP contribution in [0.3, 0.4) is 0 Å². The van der Waals surface area contributed by atoms with Crippen molar-refractivity contribution in [3.05, 3.63) is 11.9 Å². The number of nitrogens with one attached hydrogen (secondary N) is 1. The average molecular weight is 315 g/mol. The number of amides is 2. The largest absolute Gasteiger partial charge is 0.342 e. The minimum absolute atomic E-state index is 0.151. The summed E-state index contributed by atoms with van der Waals surface area (Å²) in [5.74, 6) is -1.06. The van der Waals surface area contributed by atoms with Crippen molar-refractivity contribution in [2.75, 3.05) is 13.1 Å². The minimum Gasteiger partial charge on any atom is -0.342 e. The van der Waals surface area contributed by atoms with Crippen molar-refractivity contribution < 1.29 is 23.2 Å². The highest BCUT2D eigenvalue weighted by atomic mass is 19.3. The van der Waals surface area contributed by atoms with Gasteiger partial charge in [0.05, 0.1) is 18.8 Å². The molecule has 22 heavy (non-hydrogen) atoms. The quantitative estimate of drug-likeness (QED) is 0.711. The third-order valence-corrected chi connectivity index (χ3v) is 3.25. The number of carbonyl (C=O) groups is 3. The van der Waals surface area contributed by atoms with Crippen molar-refractivity contribution in [3.63, 3.8) is 0 Å². The Labute approximate surface area is 124 Å². The van der Waals surface area contributed by atoms with Crippen LogP contribution in [0, 0.1) is 0 Å². The lowest BCUT2D eigenvalue weighted by molar-refractivity contribution is -0.133. The van der Waals surface area contributed by atoms with E-state index in [0.717, 1.165) is 12.6 Å². The van der Waals surface area contributed by atoms with E-state index in [2.05, 4.69) is 15.5 Å². The molecule has 2 rings (SSSR count). The van der Waals surface area contributed by atoms with Gasteiger partial charge in [-0.25, -0.2) is 8.78 Å². The molecule has 2 amide bonds. The van der Waals surface area contributed by atoms with E-state index in [1.54, 1.807) is 0 Å². The first-order valence-electron chi connectivity index (χ1n) is 6.72. The molecule has 0 aliphatic carbocycles.